The number of aromatic nitrogens is 1. The molecule has 1 aromatic carbocycles. The van der Waals surface area contributed by atoms with Crippen LogP contribution < -0.4 is 5.43 Å². The van der Waals surface area contributed by atoms with E-state index >= 15 is 0 Å². The van der Waals surface area contributed by atoms with Gasteiger partial charge >= 0.3 is 0 Å². The molecular formula is C22H27NO2. The summed E-state index contributed by atoms with van der Waals surface area (Å²) in [5.74, 6) is 0. The van der Waals surface area contributed by atoms with Crippen LogP contribution in [-0.4, -0.2) is 18.2 Å². The van der Waals surface area contributed by atoms with Crippen molar-refractivity contribution in [2.45, 2.75) is 46.5 Å². The van der Waals surface area contributed by atoms with Gasteiger partial charge in [-0.25, -0.2) is 0 Å². The van der Waals surface area contributed by atoms with Crippen molar-refractivity contribution in [3.8, 4) is 11.3 Å². The number of H-pyrrole nitrogens is 1. The maximum Gasteiger partial charge on any atom is 0.189 e. The van der Waals surface area contributed by atoms with Crippen molar-refractivity contribution in [3.63, 3.8) is 0 Å². The van der Waals surface area contributed by atoms with Gasteiger partial charge < -0.3 is 9.72 Å². The smallest absolute Gasteiger partial charge is 0.189 e. The van der Waals surface area contributed by atoms with Crippen LogP contribution in [0.3, 0.4) is 0 Å². The highest BCUT2D eigenvalue weighted by Crippen LogP contribution is 2.29. The van der Waals surface area contributed by atoms with Crippen LogP contribution in [0.4, 0.5) is 0 Å². The van der Waals surface area contributed by atoms with Crippen LogP contribution >= 0.6 is 0 Å². The molecule has 3 rings (SSSR count). The lowest BCUT2D eigenvalue weighted by molar-refractivity contribution is 0.161. The second kappa shape index (κ2) is 6.64. The van der Waals surface area contributed by atoms with Gasteiger partial charge in [0.25, 0.3) is 0 Å². The van der Waals surface area contributed by atoms with E-state index in [1.54, 1.807) is 6.07 Å². The number of pyridine rings is 1. The van der Waals surface area contributed by atoms with Gasteiger partial charge in [0.1, 0.15) is 0 Å². The Hall–Kier alpha value is -2.13. The van der Waals surface area contributed by atoms with E-state index in [0.717, 1.165) is 34.5 Å². The number of ether oxygens (including phenoxy) is 1. The molecule has 0 aliphatic carbocycles. The molecule has 2 heterocycles. The fraction of sp³-hybridized carbons (Fsp3) is 0.409. The van der Waals surface area contributed by atoms with Gasteiger partial charge in [-0.15, -0.1) is 0 Å². The Morgan fingerprint density at radius 1 is 1.12 bits per heavy atom. The van der Waals surface area contributed by atoms with Crippen molar-refractivity contribution in [1.29, 1.82) is 0 Å². The third kappa shape index (κ3) is 3.62. The Labute approximate surface area is 149 Å². The summed E-state index contributed by atoms with van der Waals surface area (Å²) in [5, 5.41) is 0. The van der Waals surface area contributed by atoms with E-state index in [1.807, 2.05) is 13.0 Å². The fourth-order valence-electron chi connectivity index (χ4n) is 3.42. The van der Waals surface area contributed by atoms with Crippen LogP contribution in [0.25, 0.3) is 16.8 Å². The lowest BCUT2D eigenvalue weighted by Crippen LogP contribution is -2.16. The minimum atomic E-state index is 0.0821. The molecule has 3 nitrogen and oxygen atoms in total. The maximum absolute atomic E-state index is 12.8. The Balaban J connectivity index is 2.05. The maximum atomic E-state index is 12.8. The largest absolute Gasteiger partial charge is 0.377 e. The summed E-state index contributed by atoms with van der Waals surface area (Å²) in [6, 6.07) is 8.23. The summed E-state index contributed by atoms with van der Waals surface area (Å²) in [6.07, 6.45) is 2.81. The van der Waals surface area contributed by atoms with Crippen molar-refractivity contribution in [3.05, 3.63) is 62.9 Å². The molecule has 3 heteroatoms. The fourth-order valence-corrected chi connectivity index (χ4v) is 3.42. The molecule has 0 spiro atoms. The molecule has 2 aromatic rings. The lowest BCUT2D eigenvalue weighted by Gasteiger charge is -2.21. The molecular weight excluding hydrogens is 310 g/mol. The summed E-state index contributed by atoms with van der Waals surface area (Å²) in [7, 11) is 0. The van der Waals surface area contributed by atoms with Crippen LogP contribution in [0.2, 0.25) is 0 Å². The van der Waals surface area contributed by atoms with E-state index in [-0.39, 0.29) is 10.8 Å². The van der Waals surface area contributed by atoms with Gasteiger partial charge in [0.15, 0.2) is 5.43 Å². The molecule has 1 N–H and O–H groups in total. The molecule has 132 valence electrons. The quantitative estimate of drug-likeness (QED) is 0.858. The molecule has 0 saturated carbocycles. The van der Waals surface area contributed by atoms with E-state index in [9.17, 15) is 4.79 Å². The molecule has 1 aliphatic rings. The molecule has 1 aromatic heterocycles. The number of aromatic amines is 1. The standard InChI is InChI=1S/C22H27NO2/c1-14-12-17(22(3,4)5)6-7-18(14)19-13-20(24)21(15(2)23-19)16-8-10-25-11-9-16/h6-8,12-13H,9-11H2,1-5H3,(H,23,24). The topological polar surface area (TPSA) is 42.1 Å². The molecule has 1 aliphatic heterocycles. The van der Waals surface area contributed by atoms with E-state index in [4.69, 9.17) is 4.74 Å². The zero-order valence-corrected chi connectivity index (χ0v) is 15.8. The van der Waals surface area contributed by atoms with Gasteiger partial charge in [0.05, 0.1) is 13.2 Å². The van der Waals surface area contributed by atoms with E-state index in [2.05, 4.69) is 50.9 Å². The number of hydrogen-bond donors (Lipinski definition) is 1. The van der Waals surface area contributed by atoms with E-state index in [1.165, 1.54) is 11.1 Å². The average Bonchev–Trinajstić information content (AvgIpc) is 2.54. The van der Waals surface area contributed by atoms with Gasteiger partial charge in [-0.05, 0) is 42.4 Å². The zero-order valence-electron chi connectivity index (χ0n) is 15.8. The number of benzene rings is 1. The number of aryl methyl sites for hydroxylation is 2. The summed E-state index contributed by atoms with van der Waals surface area (Å²) in [6.45, 7) is 12.0. The van der Waals surface area contributed by atoms with Crippen molar-refractivity contribution in [2.75, 3.05) is 13.2 Å². The van der Waals surface area contributed by atoms with Crippen molar-refractivity contribution < 1.29 is 4.74 Å². The third-order valence-corrected chi connectivity index (χ3v) is 4.89. The van der Waals surface area contributed by atoms with Crippen LogP contribution in [-0.2, 0) is 10.2 Å². The number of nitrogens with one attached hydrogen (secondary N) is 1. The van der Waals surface area contributed by atoms with Gasteiger partial charge in [-0.3, -0.25) is 4.79 Å². The number of rotatable bonds is 2. The highest BCUT2D eigenvalue weighted by Gasteiger charge is 2.17. The summed E-state index contributed by atoms with van der Waals surface area (Å²) < 4.78 is 5.36. The van der Waals surface area contributed by atoms with Crippen LogP contribution in [0.15, 0.2) is 35.1 Å². The number of hydrogen-bond acceptors (Lipinski definition) is 2. The molecule has 0 atom stereocenters. The van der Waals surface area contributed by atoms with Crippen LogP contribution in [0, 0.1) is 13.8 Å². The predicted octanol–water partition coefficient (Wildman–Crippen LogP) is 4.76. The predicted molar refractivity (Wildman–Crippen MR) is 104 cm³/mol. The zero-order chi connectivity index (χ0) is 18.2. The Bertz CT molecular complexity index is 882. The van der Waals surface area contributed by atoms with E-state index in [0.29, 0.717) is 13.2 Å². The first-order valence-corrected chi connectivity index (χ1v) is 8.90. The normalized spacial score (nSPS) is 15.2. The first-order chi connectivity index (χ1) is 11.8. The van der Waals surface area contributed by atoms with Gasteiger partial charge in [0, 0.05) is 28.6 Å². The SMILES string of the molecule is Cc1cc(C(C)(C)C)ccc1-c1cc(=O)c(C2=CCOCC2)c(C)[nH]1. The highest BCUT2D eigenvalue weighted by molar-refractivity contribution is 5.71. The first-order valence-electron chi connectivity index (χ1n) is 8.90. The Morgan fingerprint density at radius 2 is 1.88 bits per heavy atom. The molecule has 0 bridgehead atoms. The Kier molecular flexibility index (Phi) is 4.70. The minimum Gasteiger partial charge on any atom is -0.377 e. The highest BCUT2D eigenvalue weighted by atomic mass is 16.5. The lowest BCUT2D eigenvalue weighted by atomic mass is 9.85. The van der Waals surface area contributed by atoms with Crippen LogP contribution in [0.5, 0.6) is 0 Å². The second-order valence-electron chi connectivity index (χ2n) is 7.88. The van der Waals surface area contributed by atoms with Crippen molar-refractivity contribution in [1.82, 2.24) is 4.98 Å². The minimum absolute atomic E-state index is 0.0821. The van der Waals surface area contributed by atoms with Crippen molar-refractivity contribution in [2.24, 2.45) is 0 Å². The van der Waals surface area contributed by atoms with Crippen molar-refractivity contribution >= 4 is 5.57 Å². The summed E-state index contributed by atoms with van der Waals surface area (Å²) in [5.41, 5.74) is 7.47. The molecule has 0 saturated heterocycles. The molecule has 0 fully saturated rings. The van der Waals surface area contributed by atoms with Gasteiger partial charge in [-0.1, -0.05) is 45.0 Å². The monoisotopic (exact) mass is 337 g/mol. The summed E-state index contributed by atoms with van der Waals surface area (Å²) >= 11 is 0. The second-order valence-corrected chi connectivity index (χ2v) is 7.88. The van der Waals surface area contributed by atoms with E-state index < -0.39 is 0 Å². The van der Waals surface area contributed by atoms with Gasteiger partial charge in [0.2, 0.25) is 0 Å². The Morgan fingerprint density at radius 3 is 2.44 bits per heavy atom. The molecule has 25 heavy (non-hydrogen) atoms. The summed E-state index contributed by atoms with van der Waals surface area (Å²) in [4.78, 5) is 16.2. The average molecular weight is 337 g/mol. The molecule has 0 unspecified atom stereocenters. The van der Waals surface area contributed by atoms with Gasteiger partial charge in [-0.2, -0.15) is 0 Å². The van der Waals surface area contributed by atoms with Crippen LogP contribution in [0.1, 0.15) is 49.6 Å². The third-order valence-electron chi connectivity index (χ3n) is 4.89. The first kappa shape index (κ1) is 17.7. The molecule has 0 amide bonds. The molecule has 0 radical (unpaired) electrons.